The predicted octanol–water partition coefficient (Wildman–Crippen LogP) is 1.94. The van der Waals surface area contributed by atoms with Crippen LogP contribution in [-0.4, -0.2) is 80.8 Å². The lowest BCUT2D eigenvalue weighted by Gasteiger charge is -2.36. The molecule has 0 radical (unpaired) electrons. The Bertz CT molecular complexity index is 1000. The average Bonchev–Trinajstić information content (AvgIpc) is 2.87. The third kappa shape index (κ3) is 5.40. The molecule has 2 fully saturated rings. The molecule has 2 aliphatic heterocycles. The van der Waals surface area contributed by atoms with E-state index in [0.717, 1.165) is 5.69 Å². The van der Waals surface area contributed by atoms with E-state index in [2.05, 4.69) is 4.90 Å². The minimum atomic E-state index is -0.753. The van der Waals surface area contributed by atoms with Gasteiger partial charge in [0.2, 0.25) is 0 Å². The first-order valence-electron chi connectivity index (χ1n) is 10.9. The van der Waals surface area contributed by atoms with Crippen LogP contribution in [0.25, 0.3) is 0 Å². The number of carbonyl (C=O) groups excluding carboxylic acids is 2. The summed E-state index contributed by atoms with van der Waals surface area (Å²) in [6.07, 6.45) is 0. The molecule has 0 N–H and O–H groups in total. The molecule has 4 rings (SSSR count). The van der Waals surface area contributed by atoms with Crippen LogP contribution in [0, 0.1) is 10.1 Å². The number of piperazine rings is 1. The zero-order valence-corrected chi connectivity index (χ0v) is 18.2. The maximum absolute atomic E-state index is 12.8. The molecule has 0 saturated carbocycles. The van der Waals surface area contributed by atoms with Crippen LogP contribution in [0.15, 0.2) is 48.5 Å². The van der Waals surface area contributed by atoms with Gasteiger partial charge >= 0.3 is 5.97 Å². The highest BCUT2D eigenvalue weighted by atomic mass is 16.6. The summed E-state index contributed by atoms with van der Waals surface area (Å²) in [5.74, 6) is -1.04. The summed E-state index contributed by atoms with van der Waals surface area (Å²) in [7, 11) is 0. The van der Waals surface area contributed by atoms with Gasteiger partial charge in [0, 0.05) is 57.1 Å². The number of nitro benzene ring substituents is 1. The molecule has 0 atom stereocenters. The van der Waals surface area contributed by atoms with E-state index >= 15 is 0 Å². The highest BCUT2D eigenvalue weighted by Crippen LogP contribution is 2.27. The van der Waals surface area contributed by atoms with Crippen molar-refractivity contribution in [2.24, 2.45) is 0 Å². The SMILES string of the molecule is O=C(OCC(=O)N1CCN(c2ccccc2)CC1)c1cc([N+](=O)[O-])ccc1N1CCOCC1. The quantitative estimate of drug-likeness (QED) is 0.370. The largest absolute Gasteiger partial charge is 0.452 e. The number of rotatable bonds is 6. The Morgan fingerprint density at radius 2 is 1.64 bits per heavy atom. The Labute approximate surface area is 191 Å². The molecule has 33 heavy (non-hydrogen) atoms. The summed E-state index contributed by atoms with van der Waals surface area (Å²) in [6.45, 7) is 4.15. The normalized spacial score (nSPS) is 16.4. The summed E-state index contributed by atoms with van der Waals surface area (Å²) in [5, 5.41) is 11.2. The predicted molar refractivity (Wildman–Crippen MR) is 122 cm³/mol. The average molecular weight is 454 g/mol. The molecule has 0 aromatic heterocycles. The van der Waals surface area contributed by atoms with Crippen molar-refractivity contribution in [3.05, 3.63) is 64.2 Å². The zero-order chi connectivity index (χ0) is 23.2. The van der Waals surface area contributed by atoms with Crippen molar-refractivity contribution >= 4 is 28.9 Å². The van der Waals surface area contributed by atoms with E-state index < -0.39 is 17.5 Å². The van der Waals surface area contributed by atoms with Gasteiger partial charge in [-0.05, 0) is 18.2 Å². The van der Waals surface area contributed by atoms with Gasteiger partial charge in [-0.15, -0.1) is 0 Å². The minimum absolute atomic E-state index is 0.0767. The molecule has 0 aliphatic carbocycles. The van der Waals surface area contributed by atoms with E-state index in [4.69, 9.17) is 9.47 Å². The van der Waals surface area contributed by atoms with Crippen LogP contribution in [0.2, 0.25) is 0 Å². The highest BCUT2D eigenvalue weighted by Gasteiger charge is 2.26. The van der Waals surface area contributed by atoms with Crippen LogP contribution < -0.4 is 9.80 Å². The molecule has 1 amide bonds. The number of ether oxygens (including phenoxy) is 2. The van der Waals surface area contributed by atoms with E-state index in [1.165, 1.54) is 12.1 Å². The first-order valence-corrected chi connectivity index (χ1v) is 10.9. The number of carbonyl (C=O) groups is 2. The van der Waals surface area contributed by atoms with Crippen molar-refractivity contribution in [2.75, 3.05) is 68.9 Å². The summed E-state index contributed by atoms with van der Waals surface area (Å²) in [4.78, 5) is 41.9. The first kappa shape index (κ1) is 22.5. The molecule has 2 aliphatic rings. The number of nitro groups is 1. The van der Waals surface area contributed by atoms with Crippen molar-refractivity contribution < 1.29 is 24.0 Å². The van der Waals surface area contributed by atoms with Crippen molar-refractivity contribution in [2.45, 2.75) is 0 Å². The summed E-state index contributed by atoms with van der Waals surface area (Å²) < 4.78 is 10.6. The number of benzene rings is 2. The summed E-state index contributed by atoms with van der Waals surface area (Å²) in [5.41, 5.74) is 1.52. The van der Waals surface area contributed by atoms with Crippen LogP contribution in [0.5, 0.6) is 0 Å². The topological polar surface area (TPSA) is 105 Å². The number of nitrogens with zero attached hydrogens (tertiary/aromatic N) is 4. The van der Waals surface area contributed by atoms with Gasteiger partial charge in [-0.2, -0.15) is 0 Å². The summed E-state index contributed by atoms with van der Waals surface area (Å²) >= 11 is 0. The fraction of sp³-hybridized carbons (Fsp3) is 0.391. The van der Waals surface area contributed by atoms with Gasteiger partial charge in [0.05, 0.1) is 29.4 Å². The fourth-order valence-corrected chi connectivity index (χ4v) is 4.03. The van der Waals surface area contributed by atoms with Crippen LogP contribution in [-0.2, 0) is 14.3 Å². The van der Waals surface area contributed by atoms with Gasteiger partial charge in [0.15, 0.2) is 6.61 Å². The van der Waals surface area contributed by atoms with Crippen LogP contribution >= 0.6 is 0 Å². The van der Waals surface area contributed by atoms with E-state index in [0.29, 0.717) is 58.2 Å². The van der Waals surface area contributed by atoms with Gasteiger partial charge in [0.1, 0.15) is 0 Å². The number of morpholine rings is 1. The molecule has 2 aromatic rings. The molecule has 10 heteroatoms. The third-order valence-electron chi connectivity index (χ3n) is 5.84. The summed E-state index contributed by atoms with van der Waals surface area (Å²) in [6, 6.07) is 14.1. The van der Waals surface area contributed by atoms with Crippen molar-refractivity contribution in [1.29, 1.82) is 0 Å². The molecule has 0 bridgehead atoms. The van der Waals surface area contributed by atoms with Gasteiger partial charge < -0.3 is 24.2 Å². The molecule has 2 heterocycles. The van der Waals surface area contributed by atoms with Crippen molar-refractivity contribution in [1.82, 2.24) is 4.90 Å². The van der Waals surface area contributed by atoms with Crippen molar-refractivity contribution in [3.63, 3.8) is 0 Å². The van der Waals surface area contributed by atoms with Crippen LogP contribution in [0.3, 0.4) is 0 Å². The van der Waals surface area contributed by atoms with Gasteiger partial charge in [-0.3, -0.25) is 14.9 Å². The Hall–Kier alpha value is -3.66. The highest BCUT2D eigenvalue weighted by molar-refractivity contribution is 5.97. The second-order valence-corrected chi connectivity index (χ2v) is 7.84. The first-order chi connectivity index (χ1) is 16.0. The number of esters is 1. The second-order valence-electron chi connectivity index (χ2n) is 7.84. The van der Waals surface area contributed by atoms with Crippen LogP contribution in [0.4, 0.5) is 17.1 Å². The molecule has 0 spiro atoms. The maximum Gasteiger partial charge on any atom is 0.341 e. The number of amides is 1. The Morgan fingerprint density at radius 1 is 0.939 bits per heavy atom. The van der Waals surface area contributed by atoms with Crippen LogP contribution in [0.1, 0.15) is 10.4 Å². The zero-order valence-electron chi connectivity index (χ0n) is 18.2. The monoisotopic (exact) mass is 454 g/mol. The fourth-order valence-electron chi connectivity index (χ4n) is 4.03. The molecule has 2 saturated heterocycles. The minimum Gasteiger partial charge on any atom is -0.452 e. The molecular formula is C23H26N4O6. The molecule has 174 valence electrons. The van der Waals surface area contributed by atoms with Gasteiger partial charge in [-0.1, -0.05) is 18.2 Å². The van der Waals surface area contributed by atoms with Gasteiger partial charge in [-0.25, -0.2) is 4.79 Å². The molecule has 10 nitrogen and oxygen atoms in total. The molecule has 2 aromatic carbocycles. The number of anilines is 2. The Balaban J connectivity index is 1.37. The van der Waals surface area contributed by atoms with E-state index in [-0.39, 0.29) is 17.2 Å². The van der Waals surface area contributed by atoms with E-state index in [9.17, 15) is 19.7 Å². The number of non-ortho nitro benzene ring substituents is 1. The van der Waals surface area contributed by atoms with E-state index in [1.54, 1.807) is 11.0 Å². The Kier molecular flexibility index (Phi) is 7.04. The van der Waals surface area contributed by atoms with E-state index in [1.807, 2.05) is 35.2 Å². The van der Waals surface area contributed by atoms with Gasteiger partial charge in [0.25, 0.3) is 11.6 Å². The second kappa shape index (κ2) is 10.3. The lowest BCUT2D eigenvalue weighted by molar-refractivity contribution is -0.384. The molecular weight excluding hydrogens is 428 g/mol. The number of para-hydroxylation sites is 1. The molecule has 0 unspecified atom stereocenters. The van der Waals surface area contributed by atoms with Crippen molar-refractivity contribution in [3.8, 4) is 0 Å². The maximum atomic E-state index is 12.8. The number of hydrogen-bond donors (Lipinski definition) is 0. The smallest absolute Gasteiger partial charge is 0.341 e. The Morgan fingerprint density at radius 3 is 2.30 bits per heavy atom. The third-order valence-corrected chi connectivity index (χ3v) is 5.84. The standard InChI is InChI=1S/C23H26N4O6/c28-22(26-10-8-24(9-11-26)18-4-2-1-3-5-18)17-33-23(29)20-16-19(27(30)31)6-7-21(20)25-12-14-32-15-13-25/h1-7,16H,8-15,17H2. The lowest BCUT2D eigenvalue weighted by Crippen LogP contribution is -2.49. The number of hydrogen-bond acceptors (Lipinski definition) is 8. The lowest BCUT2D eigenvalue weighted by atomic mass is 10.1.